The monoisotopic (exact) mass is 182 g/mol. The van der Waals surface area contributed by atoms with Crippen molar-refractivity contribution < 1.29 is 0 Å². The second kappa shape index (κ2) is 3.72. The van der Waals surface area contributed by atoms with Crippen molar-refractivity contribution >= 4 is 12.2 Å². The molecular weight excluding hydrogens is 168 g/mol. The zero-order chi connectivity index (χ0) is 9.14. The molecule has 1 rings (SSSR count). The van der Waals surface area contributed by atoms with Gasteiger partial charge in [0.05, 0.1) is 0 Å². The Kier molecular flexibility index (Phi) is 2.87. The van der Waals surface area contributed by atoms with Crippen molar-refractivity contribution in [2.75, 3.05) is 0 Å². The van der Waals surface area contributed by atoms with E-state index in [1.165, 1.54) is 5.69 Å². The lowest BCUT2D eigenvalue weighted by Gasteiger charge is -2.07. The van der Waals surface area contributed by atoms with E-state index in [9.17, 15) is 0 Å². The van der Waals surface area contributed by atoms with Gasteiger partial charge in [-0.3, -0.25) is 0 Å². The normalized spacial score (nSPS) is 10.6. The summed E-state index contributed by atoms with van der Waals surface area (Å²) in [5, 5.41) is 0. The van der Waals surface area contributed by atoms with Crippen LogP contribution in [-0.4, -0.2) is 9.55 Å². The Morgan fingerprint density at radius 3 is 2.92 bits per heavy atom. The highest BCUT2D eigenvalue weighted by atomic mass is 32.1. The first-order valence-corrected chi connectivity index (χ1v) is 4.46. The summed E-state index contributed by atoms with van der Waals surface area (Å²) in [7, 11) is 0. The van der Waals surface area contributed by atoms with E-state index in [-0.39, 0.29) is 0 Å². The predicted octanol–water partition coefficient (Wildman–Crippen LogP) is 2.86. The molecule has 3 heteroatoms. The molecule has 66 valence electrons. The topological polar surface area (TPSA) is 20.7 Å². The van der Waals surface area contributed by atoms with Gasteiger partial charge < -0.3 is 9.55 Å². The molecule has 1 aromatic rings. The molecule has 0 atom stereocenters. The van der Waals surface area contributed by atoms with E-state index in [0.717, 1.165) is 11.3 Å². The zero-order valence-electron chi connectivity index (χ0n) is 7.50. The van der Waals surface area contributed by atoms with Gasteiger partial charge in [0.25, 0.3) is 0 Å². The fourth-order valence-corrected chi connectivity index (χ4v) is 1.44. The molecule has 1 heterocycles. The van der Waals surface area contributed by atoms with Crippen LogP contribution in [0.4, 0.5) is 0 Å². The quantitative estimate of drug-likeness (QED) is 0.563. The third kappa shape index (κ3) is 1.67. The number of aromatic amines is 1. The molecule has 0 fully saturated rings. The van der Waals surface area contributed by atoms with Gasteiger partial charge in [0, 0.05) is 18.4 Å². The molecule has 0 spiro atoms. The summed E-state index contributed by atoms with van der Waals surface area (Å²) >= 11 is 5.12. The molecule has 12 heavy (non-hydrogen) atoms. The summed E-state index contributed by atoms with van der Waals surface area (Å²) in [6.45, 7) is 8.78. The van der Waals surface area contributed by atoms with E-state index >= 15 is 0 Å². The standard InChI is InChI=1S/C9H14N2S/c1-4-5-11-8(7(2)3)6-10-9(11)12/h4,6-7H,1,5H2,2-3H3,(H,10,12). The van der Waals surface area contributed by atoms with Crippen molar-refractivity contribution in [3.63, 3.8) is 0 Å². The molecule has 0 amide bonds. The molecule has 1 aromatic heterocycles. The average molecular weight is 182 g/mol. The summed E-state index contributed by atoms with van der Waals surface area (Å²) in [4.78, 5) is 3.03. The Morgan fingerprint density at radius 1 is 1.75 bits per heavy atom. The predicted molar refractivity (Wildman–Crippen MR) is 53.9 cm³/mol. The second-order valence-corrected chi connectivity index (χ2v) is 3.46. The SMILES string of the molecule is C=CCn1c(C(C)C)c[nH]c1=S. The summed E-state index contributed by atoms with van der Waals surface area (Å²) in [6, 6.07) is 0. The Morgan fingerprint density at radius 2 is 2.42 bits per heavy atom. The number of imidazole rings is 1. The van der Waals surface area contributed by atoms with Crippen LogP contribution in [0.1, 0.15) is 25.5 Å². The molecule has 0 aliphatic heterocycles. The van der Waals surface area contributed by atoms with E-state index in [2.05, 4.69) is 30.0 Å². The van der Waals surface area contributed by atoms with Crippen molar-refractivity contribution in [2.45, 2.75) is 26.3 Å². The number of hydrogen-bond donors (Lipinski definition) is 1. The molecule has 1 N–H and O–H groups in total. The van der Waals surface area contributed by atoms with Gasteiger partial charge in [0.1, 0.15) is 0 Å². The number of nitrogens with one attached hydrogen (secondary N) is 1. The van der Waals surface area contributed by atoms with Crippen LogP contribution in [-0.2, 0) is 6.54 Å². The Bertz CT molecular complexity index is 320. The second-order valence-electron chi connectivity index (χ2n) is 3.07. The average Bonchev–Trinajstić information content (AvgIpc) is 2.34. The highest BCUT2D eigenvalue weighted by Crippen LogP contribution is 2.14. The summed E-state index contributed by atoms with van der Waals surface area (Å²) in [5.74, 6) is 0.498. The van der Waals surface area contributed by atoms with Gasteiger partial charge >= 0.3 is 0 Å². The first kappa shape index (κ1) is 9.26. The number of aromatic nitrogens is 2. The number of hydrogen-bond acceptors (Lipinski definition) is 1. The number of nitrogens with zero attached hydrogens (tertiary/aromatic N) is 1. The van der Waals surface area contributed by atoms with Crippen LogP contribution < -0.4 is 0 Å². The lowest BCUT2D eigenvalue weighted by atomic mass is 10.1. The van der Waals surface area contributed by atoms with Crippen LogP contribution in [0.3, 0.4) is 0 Å². The molecule has 0 bridgehead atoms. The van der Waals surface area contributed by atoms with Crippen LogP contribution in [0.2, 0.25) is 0 Å². The van der Waals surface area contributed by atoms with Gasteiger partial charge in [-0.15, -0.1) is 6.58 Å². The molecule has 0 radical (unpaired) electrons. The van der Waals surface area contributed by atoms with E-state index in [1.807, 2.05) is 12.3 Å². The molecule has 2 nitrogen and oxygen atoms in total. The smallest absolute Gasteiger partial charge is 0.177 e. The highest BCUT2D eigenvalue weighted by molar-refractivity contribution is 7.71. The lowest BCUT2D eigenvalue weighted by Crippen LogP contribution is -2.02. The minimum absolute atomic E-state index is 0.498. The van der Waals surface area contributed by atoms with Crippen molar-refractivity contribution in [1.82, 2.24) is 9.55 Å². The lowest BCUT2D eigenvalue weighted by molar-refractivity contribution is 0.695. The Balaban J connectivity index is 3.12. The maximum Gasteiger partial charge on any atom is 0.177 e. The largest absolute Gasteiger partial charge is 0.337 e. The zero-order valence-corrected chi connectivity index (χ0v) is 8.32. The van der Waals surface area contributed by atoms with Gasteiger partial charge in [0.2, 0.25) is 0 Å². The van der Waals surface area contributed by atoms with Crippen LogP contribution in [0, 0.1) is 4.77 Å². The minimum atomic E-state index is 0.498. The van der Waals surface area contributed by atoms with Gasteiger partial charge in [-0.05, 0) is 18.1 Å². The van der Waals surface area contributed by atoms with Gasteiger partial charge in [-0.1, -0.05) is 19.9 Å². The number of H-pyrrole nitrogens is 1. The fourth-order valence-electron chi connectivity index (χ4n) is 1.20. The van der Waals surface area contributed by atoms with E-state index < -0.39 is 0 Å². The summed E-state index contributed by atoms with van der Waals surface area (Å²) in [6.07, 6.45) is 3.83. The van der Waals surface area contributed by atoms with Crippen molar-refractivity contribution in [3.05, 3.63) is 29.3 Å². The molecule has 0 aliphatic rings. The summed E-state index contributed by atoms with van der Waals surface area (Å²) in [5.41, 5.74) is 1.24. The first-order chi connectivity index (χ1) is 5.66. The van der Waals surface area contributed by atoms with Crippen molar-refractivity contribution in [1.29, 1.82) is 0 Å². The summed E-state index contributed by atoms with van der Waals surface area (Å²) < 4.78 is 2.84. The highest BCUT2D eigenvalue weighted by Gasteiger charge is 2.05. The van der Waals surface area contributed by atoms with Crippen LogP contribution in [0.25, 0.3) is 0 Å². The van der Waals surface area contributed by atoms with Crippen molar-refractivity contribution in [2.24, 2.45) is 0 Å². The first-order valence-electron chi connectivity index (χ1n) is 4.05. The maximum atomic E-state index is 5.12. The molecular formula is C9H14N2S. The fraction of sp³-hybridized carbons (Fsp3) is 0.444. The molecule has 0 aliphatic carbocycles. The van der Waals surface area contributed by atoms with Crippen LogP contribution in [0.5, 0.6) is 0 Å². The van der Waals surface area contributed by atoms with Crippen LogP contribution in [0.15, 0.2) is 18.9 Å². The van der Waals surface area contributed by atoms with Gasteiger partial charge in [-0.25, -0.2) is 0 Å². The molecule has 0 unspecified atom stereocenters. The van der Waals surface area contributed by atoms with E-state index in [1.54, 1.807) is 0 Å². The third-order valence-corrected chi connectivity index (χ3v) is 2.14. The molecule has 0 saturated carbocycles. The molecule has 0 aromatic carbocycles. The Hall–Kier alpha value is -0.830. The minimum Gasteiger partial charge on any atom is -0.337 e. The molecule has 0 saturated heterocycles. The van der Waals surface area contributed by atoms with Crippen LogP contribution >= 0.6 is 12.2 Å². The van der Waals surface area contributed by atoms with Crippen molar-refractivity contribution in [3.8, 4) is 0 Å². The maximum absolute atomic E-state index is 5.12. The number of allylic oxidation sites excluding steroid dienone is 1. The van der Waals surface area contributed by atoms with Gasteiger partial charge in [-0.2, -0.15) is 0 Å². The number of rotatable bonds is 3. The van der Waals surface area contributed by atoms with Gasteiger partial charge in [0.15, 0.2) is 4.77 Å². The van der Waals surface area contributed by atoms with E-state index in [0.29, 0.717) is 5.92 Å². The van der Waals surface area contributed by atoms with E-state index in [4.69, 9.17) is 12.2 Å². The Labute approximate surface area is 77.9 Å². The third-order valence-electron chi connectivity index (χ3n) is 1.80.